The number of rotatable bonds is 0. The molecule has 0 spiro atoms. The van der Waals surface area contributed by atoms with Crippen molar-refractivity contribution in [3.63, 3.8) is 0 Å². The van der Waals surface area contributed by atoms with Gasteiger partial charge in [-0.15, -0.1) is 16.4 Å². The molecule has 0 unspecified atom stereocenters. The number of thiophene rings is 1. The third-order valence-corrected chi connectivity index (χ3v) is 1.98. The van der Waals surface area contributed by atoms with Crippen LogP contribution in [0.25, 0.3) is 11.0 Å². The molecule has 0 radical (unpaired) electrons. The van der Waals surface area contributed by atoms with Crippen LogP contribution in [0.15, 0.2) is 10.8 Å². The lowest BCUT2D eigenvalue weighted by Crippen LogP contribution is -1.87. The molecule has 2 heterocycles. The highest BCUT2D eigenvalue weighted by atomic mass is 32.1. The number of aryl methyl sites for hydroxylation is 1. The minimum Gasteiger partial charge on any atom is -0.247 e. The van der Waals surface area contributed by atoms with Crippen molar-refractivity contribution in [3.05, 3.63) is 10.8 Å². The fraction of sp³-hybridized carbons (Fsp3) is 0.200. The molecule has 0 N–H and O–H groups in total. The van der Waals surface area contributed by atoms with Crippen molar-refractivity contribution >= 4 is 22.4 Å². The van der Waals surface area contributed by atoms with Crippen molar-refractivity contribution in [3.8, 4) is 0 Å². The molecule has 0 saturated carbocycles. The van der Waals surface area contributed by atoms with Crippen molar-refractivity contribution in [2.75, 3.05) is 0 Å². The molecule has 0 amide bonds. The van der Waals surface area contributed by atoms with E-state index in [0.717, 1.165) is 11.0 Å². The Kier molecular flexibility index (Phi) is 0.843. The zero-order chi connectivity index (χ0) is 6.27. The van der Waals surface area contributed by atoms with E-state index in [4.69, 9.17) is 0 Å². The van der Waals surface area contributed by atoms with Gasteiger partial charge in [-0.3, -0.25) is 0 Å². The Morgan fingerprint density at radius 2 is 2.44 bits per heavy atom. The van der Waals surface area contributed by atoms with Gasteiger partial charge in [0.25, 0.3) is 0 Å². The molecule has 9 heavy (non-hydrogen) atoms. The highest BCUT2D eigenvalue weighted by Crippen LogP contribution is 2.13. The molecule has 0 aromatic carbocycles. The summed E-state index contributed by atoms with van der Waals surface area (Å²) in [5.41, 5.74) is 2.10. The van der Waals surface area contributed by atoms with E-state index in [1.165, 1.54) is 0 Å². The zero-order valence-electron chi connectivity index (χ0n) is 4.90. The van der Waals surface area contributed by atoms with Gasteiger partial charge in [0.05, 0.1) is 5.52 Å². The van der Waals surface area contributed by atoms with Crippen molar-refractivity contribution in [1.29, 1.82) is 0 Å². The Morgan fingerprint density at radius 1 is 1.56 bits per heavy atom. The second-order valence-corrected chi connectivity index (χ2v) is 2.60. The monoisotopic (exact) mass is 139 g/mol. The van der Waals surface area contributed by atoms with Gasteiger partial charge in [-0.25, -0.2) is 4.68 Å². The van der Waals surface area contributed by atoms with E-state index in [1.807, 2.05) is 17.8 Å². The normalized spacial score (nSPS) is 10.8. The van der Waals surface area contributed by atoms with Crippen LogP contribution in [0.4, 0.5) is 0 Å². The van der Waals surface area contributed by atoms with E-state index in [0.29, 0.717) is 0 Å². The van der Waals surface area contributed by atoms with Crippen molar-refractivity contribution in [2.24, 2.45) is 7.05 Å². The molecule has 3 nitrogen and oxygen atoms in total. The Hall–Kier alpha value is -0.900. The Bertz CT molecular complexity index is 321. The van der Waals surface area contributed by atoms with Crippen LogP contribution in [-0.2, 0) is 7.05 Å². The molecule has 0 atom stereocenters. The van der Waals surface area contributed by atoms with Crippen LogP contribution < -0.4 is 0 Å². The van der Waals surface area contributed by atoms with E-state index in [-0.39, 0.29) is 0 Å². The fourth-order valence-electron chi connectivity index (χ4n) is 0.764. The van der Waals surface area contributed by atoms with Gasteiger partial charge < -0.3 is 0 Å². The predicted octanol–water partition coefficient (Wildman–Crippen LogP) is 1.03. The van der Waals surface area contributed by atoms with Gasteiger partial charge in [0, 0.05) is 17.8 Å². The summed E-state index contributed by atoms with van der Waals surface area (Å²) in [6, 6.07) is 0. The zero-order valence-corrected chi connectivity index (χ0v) is 5.72. The quantitative estimate of drug-likeness (QED) is 0.545. The first-order valence-corrected chi connectivity index (χ1v) is 3.54. The molecule has 0 aliphatic rings. The Balaban J connectivity index is 2.99. The standard InChI is InChI=1S/C5H5N3S/c1-8-5-3-9-2-4(5)6-7-8/h2-3H,1H3. The third-order valence-electron chi connectivity index (χ3n) is 1.26. The molecule has 4 heteroatoms. The molecule has 0 bridgehead atoms. The molecule has 0 saturated heterocycles. The SMILES string of the molecule is Cn1nnc2cscc21. The first-order valence-electron chi connectivity index (χ1n) is 2.59. The molecule has 2 aromatic heterocycles. The minimum absolute atomic E-state index is 0.988. The predicted molar refractivity (Wildman–Crippen MR) is 36.4 cm³/mol. The maximum atomic E-state index is 3.90. The van der Waals surface area contributed by atoms with E-state index in [1.54, 1.807) is 16.0 Å². The van der Waals surface area contributed by atoms with Gasteiger partial charge in [-0.2, -0.15) is 0 Å². The summed E-state index contributed by atoms with van der Waals surface area (Å²) in [5.74, 6) is 0. The van der Waals surface area contributed by atoms with Crippen LogP contribution in [0.1, 0.15) is 0 Å². The summed E-state index contributed by atoms with van der Waals surface area (Å²) in [6.07, 6.45) is 0. The van der Waals surface area contributed by atoms with E-state index >= 15 is 0 Å². The van der Waals surface area contributed by atoms with Crippen LogP contribution in [-0.4, -0.2) is 15.0 Å². The number of aromatic nitrogens is 3. The summed E-state index contributed by atoms with van der Waals surface area (Å²) >= 11 is 1.65. The average molecular weight is 139 g/mol. The summed E-state index contributed by atoms with van der Waals surface area (Å²) < 4.78 is 1.77. The second kappa shape index (κ2) is 1.54. The molecule has 0 aliphatic heterocycles. The average Bonchev–Trinajstić information content (AvgIpc) is 2.35. The topological polar surface area (TPSA) is 30.7 Å². The lowest BCUT2D eigenvalue weighted by molar-refractivity contribution is 0.736. The van der Waals surface area contributed by atoms with Gasteiger partial charge in [0.15, 0.2) is 0 Å². The molecule has 0 aliphatic carbocycles. The third kappa shape index (κ3) is 0.564. The Morgan fingerprint density at radius 3 is 3.22 bits per heavy atom. The summed E-state index contributed by atoms with van der Waals surface area (Å²) in [5, 5.41) is 11.8. The second-order valence-electron chi connectivity index (χ2n) is 1.86. The number of nitrogens with zero attached hydrogens (tertiary/aromatic N) is 3. The van der Waals surface area contributed by atoms with Crippen LogP contribution in [0.3, 0.4) is 0 Å². The summed E-state index contributed by atoms with van der Waals surface area (Å²) in [4.78, 5) is 0. The van der Waals surface area contributed by atoms with Crippen LogP contribution in [0, 0.1) is 0 Å². The van der Waals surface area contributed by atoms with Gasteiger partial charge >= 0.3 is 0 Å². The van der Waals surface area contributed by atoms with Gasteiger partial charge in [-0.1, -0.05) is 5.21 Å². The Labute approximate surface area is 55.9 Å². The maximum Gasteiger partial charge on any atom is 0.123 e. The van der Waals surface area contributed by atoms with Gasteiger partial charge in [-0.05, 0) is 0 Å². The fourth-order valence-corrected chi connectivity index (χ4v) is 1.53. The molecule has 2 aromatic rings. The first kappa shape index (κ1) is 4.93. The summed E-state index contributed by atoms with van der Waals surface area (Å²) in [7, 11) is 1.89. The number of hydrogen-bond acceptors (Lipinski definition) is 3. The number of hydrogen-bond donors (Lipinski definition) is 0. The van der Waals surface area contributed by atoms with E-state index < -0.39 is 0 Å². The highest BCUT2D eigenvalue weighted by Gasteiger charge is 1.98. The number of fused-ring (bicyclic) bond motifs is 1. The largest absolute Gasteiger partial charge is 0.247 e. The lowest BCUT2D eigenvalue weighted by atomic mass is 10.5. The van der Waals surface area contributed by atoms with Crippen molar-refractivity contribution in [1.82, 2.24) is 15.0 Å². The first-order chi connectivity index (χ1) is 4.38. The minimum atomic E-state index is 0.988. The van der Waals surface area contributed by atoms with Crippen LogP contribution >= 0.6 is 11.3 Å². The molecular formula is C5H5N3S. The van der Waals surface area contributed by atoms with Crippen LogP contribution in [0.2, 0.25) is 0 Å². The van der Waals surface area contributed by atoms with Gasteiger partial charge in [0.2, 0.25) is 0 Å². The smallest absolute Gasteiger partial charge is 0.123 e. The van der Waals surface area contributed by atoms with Gasteiger partial charge in [0.1, 0.15) is 5.52 Å². The lowest BCUT2D eigenvalue weighted by Gasteiger charge is -1.80. The molecule has 0 fully saturated rings. The molecule has 2 rings (SSSR count). The van der Waals surface area contributed by atoms with Crippen LogP contribution in [0.5, 0.6) is 0 Å². The van der Waals surface area contributed by atoms with E-state index in [9.17, 15) is 0 Å². The maximum absolute atomic E-state index is 3.90. The molecular weight excluding hydrogens is 134 g/mol. The summed E-state index contributed by atoms with van der Waals surface area (Å²) in [6.45, 7) is 0. The molecule has 46 valence electrons. The van der Waals surface area contributed by atoms with Crippen molar-refractivity contribution in [2.45, 2.75) is 0 Å². The van der Waals surface area contributed by atoms with E-state index in [2.05, 4.69) is 10.3 Å². The highest BCUT2D eigenvalue weighted by molar-refractivity contribution is 7.09. The van der Waals surface area contributed by atoms with Crippen molar-refractivity contribution < 1.29 is 0 Å².